The molecule has 1 aliphatic heterocycles. The van der Waals surface area contributed by atoms with Crippen molar-refractivity contribution in [3.63, 3.8) is 0 Å². The van der Waals surface area contributed by atoms with E-state index < -0.39 is 5.97 Å². The number of nitrogens with zero attached hydrogens (tertiary/aromatic N) is 1. The molecule has 0 fully saturated rings. The molecule has 1 aromatic carbocycles. The summed E-state index contributed by atoms with van der Waals surface area (Å²) < 4.78 is 15.3. The van der Waals surface area contributed by atoms with Crippen LogP contribution >= 0.6 is 0 Å². The van der Waals surface area contributed by atoms with E-state index in [4.69, 9.17) is 19.3 Å². The monoisotopic (exact) mass is 281 g/mol. The fourth-order valence-electron chi connectivity index (χ4n) is 1.86. The molecule has 0 spiro atoms. The number of carbonyl (C=O) groups excluding carboxylic acids is 1. The molecule has 0 atom stereocenters. The molecular formula is C13H15NO6. The molecule has 1 aliphatic rings. The quantitative estimate of drug-likeness (QED) is 0.832. The van der Waals surface area contributed by atoms with Gasteiger partial charge < -0.3 is 24.2 Å². The van der Waals surface area contributed by atoms with Crippen LogP contribution in [0.15, 0.2) is 18.2 Å². The summed E-state index contributed by atoms with van der Waals surface area (Å²) in [6, 6.07) is 5.02. The number of ether oxygens (including phenoxy) is 3. The van der Waals surface area contributed by atoms with Crippen molar-refractivity contribution < 1.29 is 28.9 Å². The fraction of sp³-hybridized carbons (Fsp3) is 0.385. The van der Waals surface area contributed by atoms with Crippen molar-refractivity contribution in [1.82, 2.24) is 0 Å². The normalized spacial score (nSPS) is 12.2. The van der Waals surface area contributed by atoms with Crippen LogP contribution in [0.2, 0.25) is 0 Å². The summed E-state index contributed by atoms with van der Waals surface area (Å²) in [6.07, 6.45) is -0.149. The molecule has 108 valence electrons. The van der Waals surface area contributed by atoms with Crippen molar-refractivity contribution in [3.8, 4) is 11.5 Å². The third-order valence-corrected chi connectivity index (χ3v) is 2.79. The first-order chi connectivity index (χ1) is 9.61. The number of hydrogen-bond donors (Lipinski definition) is 1. The second-order valence-electron chi connectivity index (χ2n) is 4.16. The Morgan fingerprint density at radius 3 is 2.80 bits per heavy atom. The largest absolute Gasteiger partial charge is 0.481 e. The van der Waals surface area contributed by atoms with Crippen molar-refractivity contribution in [2.45, 2.75) is 6.42 Å². The number of anilines is 1. The zero-order valence-electron chi connectivity index (χ0n) is 11.0. The van der Waals surface area contributed by atoms with E-state index in [1.54, 1.807) is 18.2 Å². The van der Waals surface area contributed by atoms with Crippen LogP contribution in [0.4, 0.5) is 5.69 Å². The molecule has 1 heterocycles. The van der Waals surface area contributed by atoms with Crippen molar-refractivity contribution in [3.05, 3.63) is 18.2 Å². The summed E-state index contributed by atoms with van der Waals surface area (Å²) in [5.74, 6) is -0.146. The van der Waals surface area contributed by atoms with E-state index >= 15 is 0 Å². The molecule has 0 saturated heterocycles. The van der Waals surface area contributed by atoms with Gasteiger partial charge in [0.1, 0.15) is 6.61 Å². The van der Waals surface area contributed by atoms with Gasteiger partial charge in [-0.1, -0.05) is 0 Å². The average Bonchev–Trinajstić information content (AvgIpc) is 2.86. The fourth-order valence-corrected chi connectivity index (χ4v) is 1.86. The van der Waals surface area contributed by atoms with Crippen molar-refractivity contribution in [2.24, 2.45) is 0 Å². The standard InChI is InChI=1S/C13H15NO6/c1-18-7-12(15)14(5-4-13(16)17)9-2-3-10-11(6-9)20-8-19-10/h2-3,6H,4-5,7-8H2,1H3,(H,16,17). The second-order valence-corrected chi connectivity index (χ2v) is 4.16. The van der Waals surface area contributed by atoms with E-state index in [9.17, 15) is 9.59 Å². The Morgan fingerprint density at radius 1 is 1.35 bits per heavy atom. The highest BCUT2D eigenvalue weighted by Crippen LogP contribution is 2.35. The first-order valence-electron chi connectivity index (χ1n) is 6.02. The third-order valence-electron chi connectivity index (χ3n) is 2.79. The van der Waals surface area contributed by atoms with E-state index in [0.717, 1.165) is 0 Å². The predicted molar refractivity (Wildman–Crippen MR) is 69.0 cm³/mol. The maximum Gasteiger partial charge on any atom is 0.305 e. The minimum Gasteiger partial charge on any atom is -0.481 e. The van der Waals surface area contributed by atoms with Gasteiger partial charge in [-0.2, -0.15) is 0 Å². The Balaban J connectivity index is 2.20. The maximum absolute atomic E-state index is 12.0. The van der Waals surface area contributed by atoms with E-state index in [1.807, 2.05) is 0 Å². The molecule has 0 saturated carbocycles. The van der Waals surface area contributed by atoms with Gasteiger partial charge in [0.05, 0.1) is 6.42 Å². The lowest BCUT2D eigenvalue weighted by atomic mass is 10.2. The van der Waals surface area contributed by atoms with Crippen LogP contribution in [0.1, 0.15) is 6.42 Å². The summed E-state index contributed by atoms with van der Waals surface area (Å²) in [5, 5.41) is 8.76. The molecule has 0 aromatic heterocycles. The minimum absolute atomic E-state index is 0.0666. The van der Waals surface area contributed by atoms with Crippen LogP contribution in [0, 0.1) is 0 Å². The first kappa shape index (κ1) is 14.1. The van der Waals surface area contributed by atoms with Gasteiger partial charge in [0.2, 0.25) is 6.79 Å². The maximum atomic E-state index is 12.0. The summed E-state index contributed by atoms with van der Waals surface area (Å²) in [4.78, 5) is 24.0. The molecule has 20 heavy (non-hydrogen) atoms. The minimum atomic E-state index is -0.971. The number of fused-ring (bicyclic) bond motifs is 1. The topological polar surface area (TPSA) is 85.3 Å². The van der Waals surface area contributed by atoms with Crippen LogP contribution in [0.3, 0.4) is 0 Å². The highest BCUT2D eigenvalue weighted by atomic mass is 16.7. The van der Waals surface area contributed by atoms with Crippen LogP contribution < -0.4 is 14.4 Å². The number of carboxylic acid groups (broad SMARTS) is 1. The average molecular weight is 281 g/mol. The van der Waals surface area contributed by atoms with Crippen molar-refractivity contribution in [2.75, 3.05) is 32.0 Å². The molecule has 1 amide bonds. The summed E-state index contributed by atoms with van der Waals surface area (Å²) in [5.41, 5.74) is 0.553. The number of carbonyl (C=O) groups is 2. The smallest absolute Gasteiger partial charge is 0.305 e. The Labute approximate surface area is 115 Å². The molecule has 0 bridgehead atoms. The van der Waals surface area contributed by atoms with Gasteiger partial charge in [0.15, 0.2) is 11.5 Å². The second kappa shape index (κ2) is 6.25. The van der Waals surface area contributed by atoms with Gasteiger partial charge in [-0.3, -0.25) is 9.59 Å². The highest BCUT2D eigenvalue weighted by molar-refractivity contribution is 5.95. The number of methoxy groups -OCH3 is 1. The molecule has 7 nitrogen and oxygen atoms in total. The lowest BCUT2D eigenvalue weighted by Gasteiger charge is -2.22. The summed E-state index contributed by atoms with van der Waals surface area (Å²) in [6.45, 7) is 0.0885. The molecule has 2 rings (SSSR count). The number of amides is 1. The Kier molecular flexibility index (Phi) is 4.41. The predicted octanol–water partition coefficient (Wildman–Crippen LogP) is 0.869. The third kappa shape index (κ3) is 3.18. The molecule has 1 aromatic rings. The number of rotatable bonds is 6. The van der Waals surface area contributed by atoms with Crippen molar-refractivity contribution in [1.29, 1.82) is 0 Å². The summed E-state index contributed by atoms with van der Waals surface area (Å²) >= 11 is 0. The summed E-state index contributed by atoms with van der Waals surface area (Å²) in [7, 11) is 1.41. The molecule has 7 heteroatoms. The Morgan fingerprint density at radius 2 is 2.10 bits per heavy atom. The molecule has 0 radical (unpaired) electrons. The Bertz CT molecular complexity index is 516. The molecule has 0 aliphatic carbocycles. The lowest BCUT2D eigenvalue weighted by Crippen LogP contribution is -2.35. The van der Waals surface area contributed by atoms with Crippen molar-refractivity contribution >= 4 is 17.6 Å². The van der Waals surface area contributed by atoms with E-state index in [1.165, 1.54) is 12.0 Å². The van der Waals surface area contributed by atoms with Gasteiger partial charge in [-0.25, -0.2) is 0 Å². The van der Waals surface area contributed by atoms with Crippen LogP contribution in [-0.4, -0.2) is 44.0 Å². The lowest BCUT2D eigenvalue weighted by molar-refractivity contribution is -0.136. The SMILES string of the molecule is COCC(=O)N(CCC(=O)O)c1ccc2c(c1)OCO2. The zero-order valence-corrected chi connectivity index (χ0v) is 11.0. The number of benzene rings is 1. The molecule has 1 N–H and O–H groups in total. The van der Waals surface area contributed by atoms with Crippen LogP contribution in [-0.2, 0) is 14.3 Å². The van der Waals surface area contributed by atoms with E-state index in [0.29, 0.717) is 17.2 Å². The van der Waals surface area contributed by atoms with Gasteiger partial charge in [-0.05, 0) is 12.1 Å². The first-order valence-corrected chi connectivity index (χ1v) is 6.02. The van der Waals surface area contributed by atoms with Gasteiger partial charge >= 0.3 is 5.97 Å². The highest BCUT2D eigenvalue weighted by Gasteiger charge is 2.20. The van der Waals surface area contributed by atoms with Gasteiger partial charge in [0, 0.05) is 25.4 Å². The van der Waals surface area contributed by atoms with Crippen LogP contribution in [0.25, 0.3) is 0 Å². The molecule has 0 unspecified atom stereocenters. The number of aliphatic carboxylic acids is 1. The van der Waals surface area contributed by atoms with E-state index in [2.05, 4.69) is 0 Å². The van der Waals surface area contributed by atoms with E-state index in [-0.39, 0.29) is 32.3 Å². The Hall–Kier alpha value is -2.28. The van der Waals surface area contributed by atoms with Gasteiger partial charge in [0.25, 0.3) is 5.91 Å². The molecular weight excluding hydrogens is 266 g/mol. The number of carboxylic acids is 1. The van der Waals surface area contributed by atoms with Crippen LogP contribution in [0.5, 0.6) is 11.5 Å². The zero-order chi connectivity index (χ0) is 14.5. The van der Waals surface area contributed by atoms with Gasteiger partial charge in [-0.15, -0.1) is 0 Å². The number of hydrogen-bond acceptors (Lipinski definition) is 5.